The van der Waals surface area contributed by atoms with Crippen LogP contribution in [-0.4, -0.2) is 24.2 Å². The summed E-state index contributed by atoms with van der Waals surface area (Å²) >= 11 is 0. The van der Waals surface area contributed by atoms with Crippen LogP contribution in [0.15, 0.2) is 30.3 Å². The molecule has 0 saturated carbocycles. The summed E-state index contributed by atoms with van der Waals surface area (Å²) in [6.07, 6.45) is -3.99. The van der Waals surface area contributed by atoms with Crippen LogP contribution in [0, 0.1) is 17.2 Å². The second-order valence-corrected chi connectivity index (χ2v) is 5.46. The quantitative estimate of drug-likeness (QED) is 0.802. The summed E-state index contributed by atoms with van der Waals surface area (Å²) in [6.45, 7) is 0.612. The second-order valence-electron chi connectivity index (χ2n) is 5.46. The van der Waals surface area contributed by atoms with Crippen molar-refractivity contribution in [2.24, 2.45) is 5.92 Å². The van der Waals surface area contributed by atoms with Crippen molar-refractivity contribution < 1.29 is 13.2 Å². The van der Waals surface area contributed by atoms with E-state index in [0.717, 1.165) is 5.39 Å². The lowest BCUT2D eigenvalue weighted by atomic mass is 9.96. The van der Waals surface area contributed by atoms with E-state index < -0.39 is 12.1 Å². The maximum atomic E-state index is 12.7. The molecular weight excluding hydrogens is 291 g/mol. The van der Waals surface area contributed by atoms with Gasteiger partial charge in [0.05, 0.1) is 23.1 Å². The number of alkyl halides is 3. The summed E-state index contributed by atoms with van der Waals surface area (Å²) in [7, 11) is 0. The van der Waals surface area contributed by atoms with Crippen LogP contribution < -0.4 is 4.90 Å². The van der Waals surface area contributed by atoms with Crippen molar-refractivity contribution in [1.29, 1.82) is 5.26 Å². The molecule has 6 heteroatoms. The van der Waals surface area contributed by atoms with Crippen LogP contribution in [0.1, 0.15) is 18.4 Å². The number of nitrogens with zero attached hydrogens (tertiary/aromatic N) is 3. The Balaban J connectivity index is 1.88. The Morgan fingerprint density at radius 3 is 2.50 bits per heavy atom. The molecule has 1 fully saturated rings. The van der Waals surface area contributed by atoms with E-state index in [-0.39, 0.29) is 12.8 Å². The first-order chi connectivity index (χ1) is 10.5. The number of hydrogen-bond acceptors (Lipinski definition) is 3. The zero-order valence-electron chi connectivity index (χ0n) is 11.8. The molecule has 2 aromatic rings. The van der Waals surface area contributed by atoms with E-state index in [0.29, 0.717) is 30.0 Å². The maximum Gasteiger partial charge on any atom is 0.391 e. The Labute approximate surface area is 126 Å². The van der Waals surface area contributed by atoms with Crippen LogP contribution in [0.2, 0.25) is 0 Å². The second kappa shape index (κ2) is 5.48. The smallest absolute Gasteiger partial charge is 0.357 e. The number of para-hydroxylation sites is 1. The highest BCUT2D eigenvalue weighted by Gasteiger charge is 2.41. The van der Waals surface area contributed by atoms with Gasteiger partial charge in [-0.05, 0) is 25.0 Å². The largest absolute Gasteiger partial charge is 0.391 e. The van der Waals surface area contributed by atoms with E-state index >= 15 is 0 Å². The van der Waals surface area contributed by atoms with Crippen molar-refractivity contribution in [2.75, 3.05) is 18.0 Å². The van der Waals surface area contributed by atoms with Gasteiger partial charge in [-0.3, -0.25) is 0 Å². The van der Waals surface area contributed by atoms with Gasteiger partial charge in [0.15, 0.2) is 0 Å². The summed E-state index contributed by atoms with van der Waals surface area (Å²) in [6, 6.07) is 11.1. The predicted molar refractivity (Wildman–Crippen MR) is 77.5 cm³/mol. The molecule has 0 atom stereocenters. The van der Waals surface area contributed by atoms with Crippen molar-refractivity contribution in [1.82, 2.24) is 4.98 Å². The number of halogens is 3. The summed E-state index contributed by atoms with van der Waals surface area (Å²) < 4.78 is 38.2. The van der Waals surface area contributed by atoms with Gasteiger partial charge in [-0.1, -0.05) is 18.2 Å². The Bertz CT molecular complexity index is 725. The number of aromatic nitrogens is 1. The summed E-state index contributed by atoms with van der Waals surface area (Å²) in [4.78, 5) is 6.32. The van der Waals surface area contributed by atoms with Crippen molar-refractivity contribution in [3.8, 4) is 6.07 Å². The Kier molecular flexibility index (Phi) is 3.65. The molecule has 0 amide bonds. The van der Waals surface area contributed by atoms with Gasteiger partial charge in [-0.15, -0.1) is 0 Å². The molecule has 3 nitrogen and oxygen atoms in total. The standard InChI is InChI=1S/C16H14F3N3/c17-16(18,19)12-5-7-22(8-6-12)15-9-11(10-20)13-3-1-2-4-14(13)21-15/h1-4,9,12H,5-8H2. The van der Waals surface area contributed by atoms with Crippen LogP contribution in [-0.2, 0) is 0 Å². The lowest BCUT2D eigenvalue weighted by Crippen LogP contribution is -2.39. The molecule has 0 N–H and O–H groups in total. The number of fused-ring (bicyclic) bond motifs is 1. The molecule has 0 bridgehead atoms. The van der Waals surface area contributed by atoms with Crippen molar-refractivity contribution in [2.45, 2.75) is 19.0 Å². The minimum Gasteiger partial charge on any atom is -0.357 e. The highest BCUT2D eigenvalue weighted by Crippen LogP contribution is 2.35. The summed E-state index contributed by atoms with van der Waals surface area (Å²) in [5.41, 5.74) is 1.19. The summed E-state index contributed by atoms with van der Waals surface area (Å²) in [5, 5.41) is 10.0. The third kappa shape index (κ3) is 2.71. The first kappa shape index (κ1) is 14.6. The molecule has 0 aliphatic carbocycles. The molecule has 2 heterocycles. The molecule has 1 aromatic heterocycles. The van der Waals surface area contributed by atoms with Gasteiger partial charge in [-0.2, -0.15) is 18.4 Å². The third-order valence-electron chi connectivity index (χ3n) is 4.10. The Morgan fingerprint density at radius 2 is 1.86 bits per heavy atom. The van der Waals surface area contributed by atoms with E-state index in [1.165, 1.54) is 0 Å². The van der Waals surface area contributed by atoms with Gasteiger partial charge in [0.25, 0.3) is 0 Å². The summed E-state index contributed by atoms with van der Waals surface area (Å²) in [5.74, 6) is -0.657. The minimum absolute atomic E-state index is 0.0693. The van der Waals surface area contributed by atoms with E-state index in [4.69, 9.17) is 0 Å². The van der Waals surface area contributed by atoms with E-state index in [9.17, 15) is 18.4 Å². The van der Waals surface area contributed by atoms with Crippen LogP contribution in [0.25, 0.3) is 10.9 Å². The fourth-order valence-corrected chi connectivity index (χ4v) is 2.85. The molecule has 0 spiro atoms. The van der Waals surface area contributed by atoms with E-state index in [2.05, 4.69) is 11.1 Å². The average Bonchev–Trinajstić information content (AvgIpc) is 2.53. The van der Waals surface area contributed by atoms with Crippen LogP contribution in [0.3, 0.4) is 0 Å². The maximum absolute atomic E-state index is 12.7. The molecule has 114 valence electrons. The van der Waals surface area contributed by atoms with Gasteiger partial charge in [0.1, 0.15) is 5.82 Å². The topological polar surface area (TPSA) is 39.9 Å². The number of piperidine rings is 1. The fourth-order valence-electron chi connectivity index (χ4n) is 2.85. The van der Waals surface area contributed by atoms with Gasteiger partial charge >= 0.3 is 6.18 Å². The molecule has 1 saturated heterocycles. The minimum atomic E-state index is -4.12. The number of rotatable bonds is 1. The van der Waals surface area contributed by atoms with Gasteiger partial charge < -0.3 is 4.90 Å². The Morgan fingerprint density at radius 1 is 1.18 bits per heavy atom. The lowest BCUT2D eigenvalue weighted by molar-refractivity contribution is -0.179. The molecule has 0 unspecified atom stereocenters. The molecule has 22 heavy (non-hydrogen) atoms. The SMILES string of the molecule is N#Cc1cc(N2CCC(C(F)(F)F)CC2)nc2ccccc12. The number of pyridine rings is 1. The molecule has 1 aliphatic rings. The van der Waals surface area contributed by atoms with Crippen LogP contribution >= 0.6 is 0 Å². The first-order valence-electron chi connectivity index (χ1n) is 7.10. The van der Waals surface area contributed by atoms with Crippen molar-refractivity contribution in [3.05, 3.63) is 35.9 Å². The predicted octanol–water partition coefficient (Wildman–Crippen LogP) is 3.89. The van der Waals surface area contributed by atoms with Crippen LogP contribution in [0.5, 0.6) is 0 Å². The fraction of sp³-hybridized carbons (Fsp3) is 0.375. The highest BCUT2D eigenvalue weighted by molar-refractivity contribution is 5.86. The van der Waals surface area contributed by atoms with Gasteiger partial charge in [0, 0.05) is 18.5 Å². The average molecular weight is 305 g/mol. The molecule has 3 rings (SSSR count). The number of nitriles is 1. The Hall–Kier alpha value is -2.29. The highest BCUT2D eigenvalue weighted by atomic mass is 19.4. The monoisotopic (exact) mass is 305 g/mol. The molecular formula is C16H14F3N3. The molecule has 1 aliphatic heterocycles. The van der Waals surface area contributed by atoms with Crippen molar-refractivity contribution in [3.63, 3.8) is 0 Å². The zero-order valence-corrected chi connectivity index (χ0v) is 11.8. The zero-order chi connectivity index (χ0) is 15.7. The first-order valence-corrected chi connectivity index (χ1v) is 7.10. The number of benzene rings is 1. The molecule has 0 radical (unpaired) electrons. The molecule has 1 aromatic carbocycles. The number of anilines is 1. The normalized spacial score (nSPS) is 16.7. The van der Waals surface area contributed by atoms with Crippen molar-refractivity contribution >= 4 is 16.7 Å². The van der Waals surface area contributed by atoms with E-state index in [1.54, 1.807) is 6.07 Å². The van der Waals surface area contributed by atoms with Gasteiger partial charge in [-0.25, -0.2) is 4.98 Å². The van der Waals surface area contributed by atoms with Crippen LogP contribution in [0.4, 0.5) is 19.0 Å². The van der Waals surface area contributed by atoms with E-state index in [1.807, 2.05) is 29.2 Å². The lowest BCUT2D eigenvalue weighted by Gasteiger charge is -2.33. The van der Waals surface area contributed by atoms with Gasteiger partial charge in [0.2, 0.25) is 0 Å². The third-order valence-corrected chi connectivity index (χ3v) is 4.10. The number of hydrogen-bond donors (Lipinski definition) is 0.